The zero-order chi connectivity index (χ0) is 20.1. The lowest BCUT2D eigenvalue weighted by Gasteiger charge is -2.31. The first-order valence-corrected chi connectivity index (χ1v) is 10.6. The van der Waals surface area contributed by atoms with E-state index in [-0.39, 0.29) is 12.5 Å². The molecule has 2 heterocycles. The number of hydrogen-bond donors (Lipinski definition) is 2. The molecule has 1 aromatic heterocycles. The molecule has 2 aromatic rings. The summed E-state index contributed by atoms with van der Waals surface area (Å²) < 4.78 is 32.2. The molecule has 2 N–H and O–H groups in total. The molecule has 3 rings (SSSR count). The number of benzene rings is 1. The second-order valence-electron chi connectivity index (χ2n) is 6.89. The van der Waals surface area contributed by atoms with Gasteiger partial charge in [-0.15, -0.1) is 0 Å². The van der Waals surface area contributed by atoms with Gasteiger partial charge in [0.1, 0.15) is 11.5 Å². The Kier molecular flexibility index (Phi) is 6.28. The van der Waals surface area contributed by atoms with Gasteiger partial charge >= 0.3 is 0 Å². The molecular weight excluding hydrogens is 380 g/mol. The number of nitrogens with one attached hydrogen (secondary N) is 2. The third kappa shape index (κ3) is 5.06. The molecule has 1 fully saturated rings. The van der Waals surface area contributed by atoms with Gasteiger partial charge in [0.25, 0.3) is 5.91 Å². The van der Waals surface area contributed by atoms with E-state index in [9.17, 15) is 13.2 Å². The molecule has 28 heavy (non-hydrogen) atoms. The van der Waals surface area contributed by atoms with Crippen LogP contribution in [-0.4, -0.2) is 57.6 Å². The molecule has 0 atom stereocenters. The zero-order valence-electron chi connectivity index (χ0n) is 16.0. The lowest BCUT2D eigenvalue weighted by Crippen LogP contribution is -3.15. The number of nitrogens with zero attached hydrogens (tertiary/aromatic N) is 2. The average molecular weight is 406 g/mol. The number of amides is 1. The topological polar surface area (TPSA) is 96.4 Å². The molecule has 9 heteroatoms. The van der Waals surface area contributed by atoms with Gasteiger partial charge < -0.3 is 9.32 Å². The molecular formula is C19H25N4O4S+. The summed E-state index contributed by atoms with van der Waals surface area (Å²) in [4.78, 5) is 13.4. The molecule has 1 saturated heterocycles. The Morgan fingerprint density at radius 1 is 1.18 bits per heavy atom. The standard InChI is InChI=1S/C19H24N4O4S/c1-15-3-7-18(8-4-15)28(25,26)23-11-9-22(10-12-23)14-19(24)21-20-13-17-6-5-16(2)27-17/h3-8,13H,9-12,14H2,1-2H3,(H,21,24)/p+1. The number of hydrazone groups is 1. The highest BCUT2D eigenvalue weighted by Gasteiger charge is 2.31. The monoisotopic (exact) mass is 405 g/mol. The van der Waals surface area contributed by atoms with Crippen molar-refractivity contribution in [3.63, 3.8) is 0 Å². The summed E-state index contributed by atoms with van der Waals surface area (Å²) in [6, 6.07) is 10.4. The van der Waals surface area contributed by atoms with Crippen LogP contribution in [0.4, 0.5) is 0 Å². The molecule has 8 nitrogen and oxygen atoms in total. The average Bonchev–Trinajstić information content (AvgIpc) is 3.08. The van der Waals surface area contributed by atoms with Gasteiger partial charge in [-0.3, -0.25) is 4.79 Å². The van der Waals surface area contributed by atoms with E-state index in [1.54, 1.807) is 30.3 Å². The first-order chi connectivity index (χ1) is 13.3. The summed E-state index contributed by atoms with van der Waals surface area (Å²) in [6.45, 7) is 5.90. The molecule has 0 bridgehead atoms. The minimum atomic E-state index is -3.49. The molecule has 1 aliphatic heterocycles. The van der Waals surface area contributed by atoms with Crippen LogP contribution in [-0.2, 0) is 14.8 Å². The van der Waals surface area contributed by atoms with Crippen LogP contribution in [0.2, 0.25) is 0 Å². The summed E-state index contributed by atoms with van der Waals surface area (Å²) in [5, 5.41) is 3.88. The van der Waals surface area contributed by atoms with Crippen LogP contribution in [0.5, 0.6) is 0 Å². The molecule has 0 saturated carbocycles. The van der Waals surface area contributed by atoms with Crippen LogP contribution in [0, 0.1) is 13.8 Å². The van der Waals surface area contributed by atoms with Gasteiger partial charge in [0, 0.05) is 0 Å². The second-order valence-corrected chi connectivity index (χ2v) is 8.82. The largest absolute Gasteiger partial charge is 0.460 e. The van der Waals surface area contributed by atoms with Gasteiger partial charge in [-0.2, -0.15) is 9.41 Å². The number of piperazine rings is 1. The number of quaternary nitrogens is 1. The number of sulfonamides is 1. The Labute approximate surface area is 164 Å². The van der Waals surface area contributed by atoms with E-state index in [4.69, 9.17) is 4.42 Å². The van der Waals surface area contributed by atoms with Crippen LogP contribution in [0.3, 0.4) is 0 Å². The summed E-state index contributed by atoms with van der Waals surface area (Å²) >= 11 is 0. The highest BCUT2D eigenvalue weighted by molar-refractivity contribution is 7.89. The molecule has 1 aliphatic rings. The van der Waals surface area contributed by atoms with Crippen molar-refractivity contribution in [1.29, 1.82) is 0 Å². The number of aryl methyl sites for hydroxylation is 2. The van der Waals surface area contributed by atoms with Crippen molar-refractivity contribution in [2.24, 2.45) is 5.10 Å². The molecule has 0 spiro atoms. The molecule has 0 radical (unpaired) electrons. The first kappa shape index (κ1) is 20.2. The van der Waals surface area contributed by atoms with Crippen LogP contribution in [0.25, 0.3) is 0 Å². The Balaban J connectivity index is 1.47. The van der Waals surface area contributed by atoms with E-state index >= 15 is 0 Å². The predicted octanol–water partition coefficient (Wildman–Crippen LogP) is -0.0641. The van der Waals surface area contributed by atoms with Crippen molar-refractivity contribution in [2.75, 3.05) is 32.7 Å². The Hall–Kier alpha value is -2.49. The smallest absolute Gasteiger partial charge is 0.295 e. The fraction of sp³-hybridized carbons (Fsp3) is 0.368. The molecule has 1 aromatic carbocycles. The lowest BCUT2D eigenvalue weighted by molar-refractivity contribution is -0.895. The van der Waals surface area contributed by atoms with Crippen molar-refractivity contribution < 1.29 is 22.5 Å². The molecule has 150 valence electrons. The number of carbonyl (C=O) groups is 1. The van der Waals surface area contributed by atoms with Gasteiger partial charge in [0.2, 0.25) is 10.0 Å². The Morgan fingerprint density at radius 3 is 2.46 bits per heavy atom. The van der Waals surface area contributed by atoms with E-state index < -0.39 is 10.0 Å². The van der Waals surface area contributed by atoms with Crippen LogP contribution in [0.1, 0.15) is 17.1 Å². The van der Waals surface area contributed by atoms with Crippen molar-refractivity contribution in [2.45, 2.75) is 18.7 Å². The van der Waals surface area contributed by atoms with Gasteiger partial charge in [0.15, 0.2) is 6.54 Å². The Morgan fingerprint density at radius 2 is 1.86 bits per heavy atom. The van der Waals surface area contributed by atoms with Gasteiger partial charge in [-0.1, -0.05) is 17.7 Å². The zero-order valence-corrected chi connectivity index (χ0v) is 16.8. The van der Waals surface area contributed by atoms with E-state index in [0.717, 1.165) is 16.2 Å². The van der Waals surface area contributed by atoms with Crippen molar-refractivity contribution in [3.8, 4) is 0 Å². The van der Waals surface area contributed by atoms with Gasteiger partial charge in [0.05, 0.1) is 37.3 Å². The van der Waals surface area contributed by atoms with Crippen molar-refractivity contribution in [3.05, 3.63) is 53.5 Å². The molecule has 1 amide bonds. The normalized spacial score (nSPS) is 16.5. The third-order valence-corrected chi connectivity index (χ3v) is 6.55. The number of hydrogen-bond acceptors (Lipinski definition) is 5. The van der Waals surface area contributed by atoms with E-state index in [0.29, 0.717) is 36.8 Å². The van der Waals surface area contributed by atoms with E-state index in [1.807, 2.05) is 19.9 Å². The van der Waals surface area contributed by atoms with Crippen molar-refractivity contribution >= 4 is 22.1 Å². The summed E-state index contributed by atoms with van der Waals surface area (Å²) in [6.07, 6.45) is 1.45. The highest BCUT2D eigenvalue weighted by Crippen LogP contribution is 2.16. The summed E-state index contributed by atoms with van der Waals surface area (Å²) in [5.41, 5.74) is 3.50. The maximum absolute atomic E-state index is 12.7. The number of carbonyl (C=O) groups excluding carboxylic acids is 1. The highest BCUT2D eigenvalue weighted by atomic mass is 32.2. The third-order valence-electron chi connectivity index (χ3n) is 4.64. The summed E-state index contributed by atoms with van der Waals surface area (Å²) in [5.74, 6) is 1.13. The first-order valence-electron chi connectivity index (χ1n) is 9.13. The Bertz CT molecular complexity index is 943. The minimum absolute atomic E-state index is 0.218. The maximum Gasteiger partial charge on any atom is 0.295 e. The van der Waals surface area contributed by atoms with Gasteiger partial charge in [-0.25, -0.2) is 13.8 Å². The van der Waals surface area contributed by atoms with E-state index in [2.05, 4.69) is 10.5 Å². The predicted molar refractivity (Wildman–Crippen MR) is 105 cm³/mol. The fourth-order valence-electron chi connectivity index (χ4n) is 3.04. The molecule has 0 aliphatic carbocycles. The number of rotatable bonds is 6. The lowest BCUT2D eigenvalue weighted by atomic mass is 10.2. The van der Waals surface area contributed by atoms with Crippen LogP contribution in [0.15, 0.2) is 50.8 Å². The molecule has 0 unspecified atom stereocenters. The maximum atomic E-state index is 12.7. The number of furan rings is 1. The summed E-state index contributed by atoms with van der Waals surface area (Å²) in [7, 11) is -3.49. The van der Waals surface area contributed by atoms with E-state index in [1.165, 1.54) is 10.5 Å². The SMILES string of the molecule is Cc1ccc(S(=O)(=O)N2CC[NH+](CC(=O)NN=Cc3ccc(C)o3)CC2)cc1. The second kappa shape index (κ2) is 8.68. The van der Waals surface area contributed by atoms with Crippen LogP contribution < -0.4 is 10.3 Å². The quantitative estimate of drug-likeness (QED) is 0.520. The minimum Gasteiger partial charge on any atom is -0.460 e. The van der Waals surface area contributed by atoms with Crippen LogP contribution >= 0.6 is 0 Å². The fourth-order valence-corrected chi connectivity index (χ4v) is 4.48. The van der Waals surface area contributed by atoms with Crippen molar-refractivity contribution in [1.82, 2.24) is 9.73 Å². The van der Waals surface area contributed by atoms with Gasteiger partial charge in [-0.05, 0) is 38.1 Å².